The van der Waals surface area contributed by atoms with Crippen LogP contribution in [-0.2, 0) is 19.2 Å². The van der Waals surface area contributed by atoms with Gasteiger partial charge in [-0.3, -0.25) is 19.2 Å². The standard InChI is InChI=1S/C34H51N5O5/c1-21(2)27(22(3)24-14-8-7-9-15-24)37-33(44)38-29(34(4,5)6)32(43)39-20-12-17-26(39)31(42)36-25(28(40)30(35)41)16-11-10-13-23-18-19-23/h7-9,14-15,21,23,25-27,29H,3,10-13,16-20H2,1-2,4-6H3,(H2,35,41)(H,36,42)(H2,37,38,44)/t25?,26-,27?,29?/m0/s1. The predicted molar refractivity (Wildman–Crippen MR) is 171 cm³/mol. The van der Waals surface area contributed by atoms with E-state index in [-0.39, 0.29) is 17.9 Å². The molecule has 5 N–H and O–H groups in total. The molecule has 5 amide bonds. The second-order valence-corrected chi connectivity index (χ2v) is 13.7. The number of Topliss-reactive ketones (excluding diaryl/α,β-unsaturated/α-hetero) is 1. The molecule has 1 aromatic rings. The van der Waals surface area contributed by atoms with E-state index in [1.54, 1.807) is 0 Å². The van der Waals surface area contributed by atoms with E-state index < -0.39 is 47.2 Å². The molecule has 2 fully saturated rings. The monoisotopic (exact) mass is 609 g/mol. The van der Waals surface area contributed by atoms with Crippen LogP contribution in [0.15, 0.2) is 36.9 Å². The summed E-state index contributed by atoms with van der Waals surface area (Å²) in [5.41, 5.74) is 6.29. The van der Waals surface area contributed by atoms with Gasteiger partial charge in [-0.05, 0) is 47.6 Å². The minimum Gasteiger partial charge on any atom is -0.363 e. The molecule has 1 saturated carbocycles. The molecule has 0 aromatic heterocycles. The smallest absolute Gasteiger partial charge is 0.315 e. The molecule has 1 heterocycles. The van der Waals surface area contributed by atoms with Crippen LogP contribution < -0.4 is 21.7 Å². The zero-order valence-electron chi connectivity index (χ0n) is 27.0. The highest BCUT2D eigenvalue weighted by atomic mass is 16.2. The number of carbonyl (C=O) groups is 5. The number of hydrogen-bond acceptors (Lipinski definition) is 5. The van der Waals surface area contributed by atoms with E-state index in [9.17, 15) is 24.0 Å². The first-order chi connectivity index (χ1) is 20.7. The van der Waals surface area contributed by atoms with E-state index in [0.717, 1.165) is 29.9 Å². The quantitative estimate of drug-likeness (QED) is 0.175. The number of rotatable bonds is 15. The molecule has 1 saturated heterocycles. The van der Waals surface area contributed by atoms with Gasteiger partial charge in [0.25, 0.3) is 5.91 Å². The number of ketones is 1. The maximum Gasteiger partial charge on any atom is 0.315 e. The van der Waals surface area contributed by atoms with Crippen molar-refractivity contribution >= 4 is 35.1 Å². The summed E-state index contributed by atoms with van der Waals surface area (Å²) in [5.74, 6) is -2.01. The van der Waals surface area contributed by atoms with Crippen LogP contribution in [0.4, 0.5) is 4.79 Å². The van der Waals surface area contributed by atoms with E-state index in [2.05, 4.69) is 22.5 Å². The molecule has 3 unspecified atom stereocenters. The fraction of sp³-hybridized carbons (Fsp3) is 0.618. The van der Waals surface area contributed by atoms with Gasteiger partial charge in [-0.25, -0.2) is 4.79 Å². The summed E-state index contributed by atoms with van der Waals surface area (Å²) in [4.78, 5) is 66.5. The number of carbonyl (C=O) groups excluding carboxylic acids is 5. The number of nitrogens with one attached hydrogen (secondary N) is 3. The van der Waals surface area contributed by atoms with Crippen molar-refractivity contribution in [2.24, 2.45) is 23.0 Å². The van der Waals surface area contributed by atoms with Gasteiger partial charge < -0.3 is 26.6 Å². The number of hydrogen-bond donors (Lipinski definition) is 4. The van der Waals surface area contributed by atoms with Gasteiger partial charge in [-0.1, -0.05) is 104 Å². The van der Waals surface area contributed by atoms with Gasteiger partial charge in [0.1, 0.15) is 12.1 Å². The van der Waals surface area contributed by atoms with E-state index in [4.69, 9.17) is 5.73 Å². The SMILES string of the molecule is C=C(c1ccccc1)C(NC(=O)NC(C(=O)N1CCC[C@H]1C(=O)NC(CCCCC1CC1)C(=O)C(N)=O)C(C)(C)C)C(C)C. The summed E-state index contributed by atoms with van der Waals surface area (Å²) in [7, 11) is 0. The van der Waals surface area contributed by atoms with Crippen molar-refractivity contribution < 1.29 is 24.0 Å². The summed E-state index contributed by atoms with van der Waals surface area (Å²) < 4.78 is 0. The Hall–Kier alpha value is -3.69. The maximum absolute atomic E-state index is 14.0. The third-order valence-electron chi connectivity index (χ3n) is 8.63. The van der Waals surface area contributed by atoms with E-state index >= 15 is 0 Å². The molecule has 4 atom stereocenters. The third-order valence-corrected chi connectivity index (χ3v) is 8.63. The Balaban J connectivity index is 1.69. The molecule has 3 rings (SSSR count). The Morgan fingerprint density at radius 1 is 0.977 bits per heavy atom. The van der Waals surface area contributed by atoms with Crippen molar-refractivity contribution in [3.8, 4) is 0 Å². The topological polar surface area (TPSA) is 151 Å². The molecule has 242 valence electrons. The molecule has 0 bridgehead atoms. The largest absolute Gasteiger partial charge is 0.363 e. The predicted octanol–water partition coefficient (Wildman–Crippen LogP) is 3.94. The number of likely N-dealkylation sites (tertiary alicyclic amines) is 1. The number of primary amides is 1. The highest BCUT2D eigenvalue weighted by molar-refractivity contribution is 6.37. The Morgan fingerprint density at radius 3 is 2.20 bits per heavy atom. The number of unbranched alkanes of at least 4 members (excludes halogenated alkanes) is 1. The normalized spacial score (nSPS) is 18.7. The van der Waals surface area contributed by atoms with Crippen LogP contribution in [0.5, 0.6) is 0 Å². The first-order valence-electron chi connectivity index (χ1n) is 16.0. The molecule has 1 aliphatic heterocycles. The Kier molecular flexibility index (Phi) is 12.1. The van der Waals surface area contributed by atoms with E-state index in [1.165, 1.54) is 17.7 Å². The number of nitrogens with two attached hydrogens (primary N) is 1. The van der Waals surface area contributed by atoms with Crippen molar-refractivity contribution in [2.75, 3.05) is 6.54 Å². The van der Waals surface area contributed by atoms with Crippen molar-refractivity contribution in [1.29, 1.82) is 0 Å². The number of nitrogens with zero attached hydrogens (tertiary/aromatic N) is 1. The fourth-order valence-corrected chi connectivity index (χ4v) is 5.82. The van der Waals surface area contributed by atoms with Gasteiger partial charge in [0, 0.05) is 6.54 Å². The zero-order chi connectivity index (χ0) is 32.6. The molecule has 0 spiro atoms. The van der Waals surface area contributed by atoms with Gasteiger partial charge in [-0.15, -0.1) is 0 Å². The maximum atomic E-state index is 14.0. The molecular weight excluding hydrogens is 558 g/mol. The Morgan fingerprint density at radius 2 is 1.64 bits per heavy atom. The average molecular weight is 610 g/mol. The minimum atomic E-state index is -1.09. The lowest BCUT2D eigenvalue weighted by atomic mass is 9.85. The Labute approximate surface area is 262 Å². The zero-order valence-corrected chi connectivity index (χ0v) is 27.0. The summed E-state index contributed by atoms with van der Waals surface area (Å²) in [6.07, 6.45) is 6.46. The van der Waals surface area contributed by atoms with Crippen molar-refractivity contribution in [3.63, 3.8) is 0 Å². The van der Waals surface area contributed by atoms with Gasteiger partial charge >= 0.3 is 6.03 Å². The first kappa shape index (κ1) is 34.8. The van der Waals surface area contributed by atoms with Crippen LogP contribution in [0.2, 0.25) is 0 Å². The van der Waals surface area contributed by atoms with Gasteiger partial charge in [0.05, 0.1) is 12.1 Å². The average Bonchev–Trinajstić information content (AvgIpc) is 3.66. The summed E-state index contributed by atoms with van der Waals surface area (Å²) >= 11 is 0. The third kappa shape index (κ3) is 9.66. The van der Waals surface area contributed by atoms with Crippen LogP contribution in [0.3, 0.4) is 0 Å². The summed E-state index contributed by atoms with van der Waals surface area (Å²) in [6, 6.07) is 5.96. The van der Waals surface area contributed by atoms with E-state index in [0.29, 0.717) is 32.2 Å². The second kappa shape index (κ2) is 15.3. The molecule has 2 aliphatic rings. The van der Waals surface area contributed by atoms with Crippen LogP contribution >= 0.6 is 0 Å². The lowest BCUT2D eigenvalue weighted by molar-refractivity contribution is -0.143. The van der Waals surface area contributed by atoms with Crippen LogP contribution in [0.1, 0.15) is 91.5 Å². The van der Waals surface area contributed by atoms with Gasteiger partial charge in [0.2, 0.25) is 17.6 Å². The second-order valence-electron chi connectivity index (χ2n) is 13.7. The van der Waals surface area contributed by atoms with Crippen molar-refractivity contribution in [1.82, 2.24) is 20.9 Å². The highest BCUT2D eigenvalue weighted by Gasteiger charge is 2.43. The molecule has 10 heteroatoms. The summed E-state index contributed by atoms with van der Waals surface area (Å²) in [5, 5.41) is 8.60. The number of amides is 5. The van der Waals surface area contributed by atoms with Crippen molar-refractivity contribution in [2.45, 2.75) is 110 Å². The minimum absolute atomic E-state index is 0.0358. The van der Waals surface area contributed by atoms with Crippen LogP contribution in [-0.4, -0.2) is 65.1 Å². The number of urea groups is 1. The van der Waals surface area contributed by atoms with Crippen LogP contribution in [0, 0.1) is 17.3 Å². The molecule has 1 aromatic carbocycles. The molecular formula is C34H51N5O5. The summed E-state index contributed by atoms with van der Waals surface area (Å²) in [6.45, 7) is 14.1. The number of benzene rings is 1. The van der Waals surface area contributed by atoms with Crippen molar-refractivity contribution in [3.05, 3.63) is 42.5 Å². The van der Waals surface area contributed by atoms with Gasteiger partial charge in [0.15, 0.2) is 0 Å². The first-order valence-corrected chi connectivity index (χ1v) is 16.0. The lowest BCUT2D eigenvalue weighted by Gasteiger charge is -2.36. The molecule has 1 aliphatic carbocycles. The van der Waals surface area contributed by atoms with Gasteiger partial charge in [-0.2, -0.15) is 0 Å². The lowest BCUT2D eigenvalue weighted by Crippen LogP contribution is -2.60. The van der Waals surface area contributed by atoms with Crippen LogP contribution in [0.25, 0.3) is 5.57 Å². The molecule has 10 nitrogen and oxygen atoms in total. The Bertz CT molecular complexity index is 1200. The molecule has 44 heavy (non-hydrogen) atoms. The van der Waals surface area contributed by atoms with E-state index in [1.807, 2.05) is 65.0 Å². The highest BCUT2D eigenvalue weighted by Crippen LogP contribution is 2.34. The molecule has 0 radical (unpaired) electrons. The fourth-order valence-electron chi connectivity index (χ4n) is 5.82.